The molecule has 12 rings (SSSR count). The van der Waals surface area contributed by atoms with Gasteiger partial charge < -0.3 is 0 Å². The van der Waals surface area contributed by atoms with Crippen molar-refractivity contribution in [1.29, 1.82) is 0 Å². The number of thiophene rings is 1. The minimum Gasteiger partial charge on any atom is -0.135 e. The van der Waals surface area contributed by atoms with Crippen molar-refractivity contribution in [3.8, 4) is 44.5 Å². The molecule has 0 spiro atoms. The van der Waals surface area contributed by atoms with E-state index >= 15 is 0 Å². The van der Waals surface area contributed by atoms with Crippen LogP contribution in [0.2, 0.25) is 0 Å². The quantitative estimate of drug-likeness (QED) is 0.159. The van der Waals surface area contributed by atoms with Crippen molar-refractivity contribution in [3.63, 3.8) is 0 Å². The molecule has 0 aliphatic heterocycles. The molecule has 0 nitrogen and oxygen atoms in total. The third-order valence-electron chi connectivity index (χ3n) is 12.6. The van der Waals surface area contributed by atoms with Crippen LogP contribution in [0.25, 0.3) is 108 Å². The first-order valence-electron chi connectivity index (χ1n) is 19.6. The number of rotatable bonds is 3. The van der Waals surface area contributed by atoms with Crippen molar-refractivity contribution in [2.24, 2.45) is 0 Å². The molecule has 1 aromatic heterocycles. The maximum atomic E-state index is 2.46. The zero-order valence-electron chi connectivity index (χ0n) is 31.2. The standard InChI is InChI=1S/C55H36S/c1-55(2)48-32-37-15-6-5-14-36(37)30-46(48)45-25-27-50-53(54(45)55)47-31-38(24-26-49(47)56-50)35-16-11-17-39(29-35)51-41-18-7-9-20-43(41)52(44-21-10-8-19-42(44)51)40-23-22-33-12-3-4-13-34(33)28-40/h3-32H,1-2H3. The Morgan fingerprint density at radius 2 is 0.893 bits per heavy atom. The summed E-state index contributed by atoms with van der Waals surface area (Å²) >= 11 is 1.92. The Morgan fingerprint density at radius 3 is 1.59 bits per heavy atom. The second-order valence-electron chi connectivity index (χ2n) is 16.0. The van der Waals surface area contributed by atoms with Gasteiger partial charge in [-0.1, -0.05) is 153 Å². The van der Waals surface area contributed by atoms with Gasteiger partial charge in [-0.15, -0.1) is 11.3 Å². The van der Waals surface area contributed by atoms with Gasteiger partial charge in [0.05, 0.1) is 0 Å². The van der Waals surface area contributed by atoms with Crippen LogP contribution < -0.4 is 0 Å². The predicted molar refractivity (Wildman–Crippen MR) is 243 cm³/mol. The molecule has 0 radical (unpaired) electrons. The molecular weight excluding hydrogens is 693 g/mol. The SMILES string of the molecule is CC1(C)c2cc3ccccc3cc2-c2ccc3sc4ccc(-c5cccc(-c6c7ccccc7c(-c7ccc8ccccc8c7)c7ccccc67)c5)cc4c3c21. The van der Waals surface area contributed by atoms with Crippen LogP contribution in [0.1, 0.15) is 25.0 Å². The molecule has 1 aliphatic rings. The summed E-state index contributed by atoms with van der Waals surface area (Å²) in [5.41, 5.74) is 13.1. The van der Waals surface area contributed by atoms with Gasteiger partial charge in [0, 0.05) is 25.6 Å². The fourth-order valence-electron chi connectivity index (χ4n) is 9.99. The molecule has 0 fully saturated rings. The summed E-state index contributed by atoms with van der Waals surface area (Å²) in [4.78, 5) is 0. The van der Waals surface area contributed by atoms with E-state index in [-0.39, 0.29) is 5.41 Å². The molecule has 0 amide bonds. The summed E-state index contributed by atoms with van der Waals surface area (Å²) in [7, 11) is 0. The van der Waals surface area contributed by atoms with Crippen molar-refractivity contribution < 1.29 is 0 Å². The molecule has 262 valence electrons. The molecule has 0 unspecified atom stereocenters. The lowest BCUT2D eigenvalue weighted by Crippen LogP contribution is -2.15. The molecule has 0 saturated carbocycles. The number of fused-ring (bicyclic) bond motifs is 11. The molecule has 11 aromatic rings. The molecule has 0 bridgehead atoms. The molecule has 1 aliphatic carbocycles. The summed E-state index contributed by atoms with van der Waals surface area (Å²) in [5, 5.41) is 13.0. The summed E-state index contributed by atoms with van der Waals surface area (Å²) in [6, 6.07) is 68.2. The predicted octanol–water partition coefficient (Wildman–Crippen LogP) is 16.0. The Bertz CT molecular complexity index is 3390. The van der Waals surface area contributed by atoms with Gasteiger partial charge in [-0.25, -0.2) is 0 Å². The largest absolute Gasteiger partial charge is 0.135 e. The van der Waals surface area contributed by atoms with Gasteiger partial charge in [0.25, 0.3) is 0 Å². The van der Waals surface area contributed by atoms with Gasteiger partial charge in [-0.05, 0) is 141 Å². The lowest BCUT2D eigenvalue weighted by Gasteiger charge is -2.23. The van der Waals surface area contributed by atoms with E-state index in [1.807, 2.05) is 11.3 Å². The Hall–Kier alpha value is -6.54. The first kappa shape index (κ1) is 31.8. The fourth-order valence-corrected chi connectivity index (χ4v) is 11.1. The van der Waals surface area contributed by atoms with Crippen molar-refractivity contribution in [2.45, 2.75) is 19.3 Å². The van der Waals surface area contributed by atoms with Crippen LogP contribution in [-0.4, -0.2) is 0 Å². The van der Waals surface area contributed by atoms with Gasteiger partial charge in [0.2, 0.25) is 0 Å². The molecule has 1 heterocycles. The van der Waals surface area contributed by atoms with Gasteiger partial charge in [0.1, 0.15) is 0 Å². The molecule has 0 N–H and O–H groups in total. The Kier molecular flexibility index (Phi) is 6.66. The molecule has 0 atom stereocenters. The highest BCUT2D eigenvalue weighted by atomic mass is 32.1. The number of benzene rings is 10. The van der Waals surface area contributed by atoms with Crippen LogP contribution >= 0.6 is 11.3 Å². The third kappa shape index (κ3) is 4.53. The molecule has 10 aromatic carbocycles. The van der Waals surface area contributed by atoms with Gasteiger partial charge >= 0.3 is 0 Å². The van der Waals surface area contributed by atoms with E-state index in [4.69, 9.17) is 0 Å². The highest BCUT2D eigenvalue weighted by molar-refractivity contribution is 7.25. The van der Waals surface area contributed by atoms with Crippen LogP contribution in [0.4, 0.5) is 0 Å². The summed E-state index contributed by atoms with van der Waals surface area (Å²) in [6.45, 7) is 4.84. The van der Waals surface area contributed by atoms with E-state index in [2.05, 4.69) is 196 Å². The van der Waals surface area contributed by atoms with E-state index in [1.54, 1.807) is 0 Å². The van der Waals surface area contributed by atoms with E-state index in [1.165, 1.54) is 119 Å². The van der Waals surface area contributed by atoms with Gasteiger partial charge in [0.15, 0.2) is 0 Å². The Labute approximate surface area is 329 Å². The number of hydrogen-bond acceptors (Lipinski definition) is 1. The monoisotopic (exact) mass is 728 g/mol. The molecule has 1 heteroatoms. The van der Waals surface area contributed by atoms with E-state index in [0.29, 0.717) is 0 Å². The summed E-state index contributed by atoms with van der Waals surface area (Å²) in [5.74, 6) is 0. The second kappa shape index (κ2) is 11.7. The van der Waals surface area contributed by atoms with Crippen LogP contribution in [0.15, 0.2) is 182 Å². The highest BCUT2D eigenvalue weighted by Gasteiger charge is 2.38. The molecule has 0 saturated heterocycles. The zero-order chi connectivity index (χ0) is 37.1. The van der Waals surface area contributed by atoms with Crippen LogP contribution in [0, 0.1) is 0 Å². The minimum absolute atomic E-state index is 0.112. The first-order chi connectivity index (χ1) is 27.5. The van der Waals surface area contributed by atoms with E-state index in [0.717, 1.165) is 0 Å². The van der Waals surface area contributed by atoms with Gasteiger partial charge in [-0.3, -0.25) is 0 Å². The van der Waals surface area contributed by atoms with Crippen molar-refractivity contribution in [1.82, 2.24) is 0 Å². The lowest BCUT2D eigenvalue weighted by molar-refractivity contribution is 0.667. The molecule has 56 heavy (non-hydrogen) atoms. The smallest absolute Gasteiger partial charge is 0.0358 e. The van der Waals surface area contributed by atoms with Crippen LogP contribution in [0.3, 0.4) is 0 Å². The molecular formula is C55H36S. The zero-order valence-corrected chi connectivity index (χ0v) is 32.0. The number of hydrogen-bond donors (Lipinski definition) is 0. The van der Waals surface area contributed by atoms with E-state index < -0.39 is 0 Å². The lowest BCUT2D eigenvalue weighted by atomic mass is 9.80. The van der Waals surface area contributed by atoms with E-state index in [9.17, 15) is 0 Å². The van der Waals surface area contributed by atoms with Crippen LogP contribution in [-0.2, 0) is 5.41 Å². The fraction of sp³-hybridized carbons (Fsp3) is 0.0545. The maximum absolute atomic E-state index is 2.46. The van der Waals surface area contributed by atoms with Crippen molar-refractivity contribution in [2.75, 3.05) is 0 Å². The summed E-state index contributed by atoms with van der Waals surface area (Å²) < 4.78 is 2.70. The Balaban J connectivity index is 1.04. The topological polar surface area (TPSA) is 0 Å². The minimum atomic E-state index is -0.112. The average molecular weight is 729 g/mol. The normalized spacial score (nSPS) is 13.3. The third-order valence-corrected chi connectivity index (χ3v) is 13.7. The second-order valence-corrected chi connectivity index (χ2v) is 17.1. The first-order valence-corrected chi connectivity index (χ1v) is 20.4. The maximum Gasteiger partial charge on any atom is 0.0358 e. The van der Waals surface area contributed by atoms with Gasteiger partial charge in [-0.2, -0.15) is 0 Å². The highest BCUT2D eigenvalue weighted by Crippen LogP contribution is 2.55. The Morgan fingerprint density at radius 1 is 0.357 bits per heavy atom. The van der Waals surface area contributed by atoms with Crippen molar-refractivity contribution >= 4 is 74.6 Å². The average Bonchev–Trinajstić information content (AvgIpc) is 3.72. The summed E-state index contributed by atoms with van der Waals surface area (Å²) in [6.07, 6.45) is 0. The van der Waals surface area contributed by atoms with Crippen LogP contribution in [0.5, 0.6) is 0 Å². The van der Waals surface area contributed by atoms with Crippen molar-refractivity contribution in [3.05, 3.63) is 193 Å².